The van der Waals surface area contributed by atoms with E-state index in [1.54, 1.807) is 77.6 Å². The molecule has 168 valence electrons. The van der Waals surface area contributed by atoms with Gasteiger partial charge in [-0.1, -0.05) is 54.6 Å². The lowest BCUT2D eigenvalue weighted by atomic mass is 10.1. The van der Waals surface area contributed by atoms with Crippen LogP contribution in [0.15, 0.2) is 119 Å². The number of amides is 1. The number of carbonyl (C=O) groups excluding carboxylic acids is 1. The Morgan fingerprint density at radius 1 is 0.824 bits per heavy atom. The van der Waals surface area contributed by atoms with Crippen molar-refractivity contribution in [1.29, 1.82) is 0 Å². The average Bonchev–Trinajstić information content (AvgIpc) is 3.36. The second-order valence-corrected chi connectivity index (χ2v) is 9.78. The number of benzene rings is 3. The molecule has 0 saturated heterocycles. The van der Waals surface area contributed by atoms with Gasteiger partial charge in [-0.3, -0.25) is 4.79 Å². The molecule has 0 aliphatic rings. The fraction of sp³-hybridized carbons (Fsp3) is 0.0370. The van der Waals surface area contributed by atoms with E-state index in [1.165, 1.54) is 0 Å². The van der Waals surface area contributed by atoms with Gasteiger partial charge in [0.2, 0.25) is 9.84 Å². The first-order valence-electron chi connectivity index (χ1n) is 10.7. The van der Waals surface area contributed by atoms with Crippen molar-refractivity contribution in [2.45, 2.75) is 16.3 Å². The van der Waals surface area contributed by atoms with Gasteiger partial charge in [-0.05, 0) is 53.1 Å². The van der Waals surface area contributed by atoms with Gasteiger partial charge in [-0.25, -0.2) is 13.4 Å². The summed E-state index contributed by atoms with van der Waals surface area (Å²) < 4.78 is 28.2. The normalized spacial score (nSPS) is 11.4. The molecule has 7 heteroatoms. The molecule has 3 aromatic carbocycles. The van der Waals surface area contributed by atoms with E-state index in [0.29, 0.717) is 5.56 Å². The van der Waals surface area contributed by atoms with Crippen molar-refractivity contribution in [3.05, 3.63) is 121 Å². The molecular formula is C27H21N3O3S. The topological polar surface area (TPSA) is 80.5 Å². The van der Waals surface area contributed by atoms with E-state index in [-0.39, 0.29) is 22.2 Å². The Morgan fingerprint density at radius 3 is 2.38 bits per heavy atom. The van der Waals surface area contributed by atoms with E-state index >= 15 is 0 Å². The highest BCUT2D eigenvalue weighted by molar-refractivity contribution is 7.91. The first-order valence-corrected chi connectivity index (χ1v) is 12.2. The van der Waals surface area contributed by atoms with Crippen LogP contribution in [0, 0.1) is 0 Å². The van der Waals surface area contributed by atoms with Gasteiger partial charge in [0.1, 0.15) is 5.65 Å². The number of sulfone groups is 1. The van der Waals surface area contributed by atoms with Gasteiger partial charge in [-0.2, -0.15) is 0 Å². The van der Waals surface area contributed by atoms with Crippen LogP contribution in [-0.4, -0.2) is 23.7 Å². The standard InChI is InChI=1S/C27H21N3O3S/c31-27(23-11-14-26-28-15-16-30(26)19-23)29-18-20-9-12-24(13-10-20)34(32,33)25-8-4-7-22(17-25)21-5-2-1-3-6-21/h1-17,19H,18H2,(H,29,31). The molecule has 1 amide bonds. The van der Waals surface area contributed by atoms with Crippen LogP contribution in [0.3, 0.4) is 0 Å². The summed E-state index contributed by atoms with van der Waals surface area (Å²) in [6.07, 6.45) is 5.17. The fourth-order valence-corrected chi connectivity index (χ4v) is 5.04. The molecule has 0 fully saturated rings. The smallest absolute Gasteiger partial charge is 0.253 e. The summed E-state index contributed by atoms with van der Waals surface area (Å²) in [5.41, 5.74) is 3.88. The van der Waals surface area contributed by atoms with Crippen LogP contribution in [0.2, 0.25) is 0 Å². The summed E-state index contributed by atoms with van der Waals surface area (Å²) in [4.78, 5) is 17.1. The molecule has 5 aromatic rings. The number of hydrogen-bond donors (Lipinski definition) is 1. The average molecular weight is 468 g/mol. The van der Waals surface area contributed by atoms with E-state index in [0.717, 1.165) is 22.3 Å². The number of rotatable bonds is 6. The predicted octanol–water partition coefficient (Wildman–Crippen LogP) is 4.76. The third-order valence-corrected chi connectivity index (χ3v) is 7.36. The predicted molar refractivity (Wildman–Crippen MR) is 130 cm³/mol. The van der Waals surface area contributed by atoms with Crippen LogP contribution < -0.4 is 5.32 Å². The minimum Gasteiger partial charge on any atom is -0.348 e. The van der Waals surface area contributed by atoms with Crippen LogP contribution in [0.25, 0.3) is 16.8 Å². The first-order chi connectivity index (χ1) is 16.5. The number of fused-ring (bicyclic) bond motifs is 1. The second kappa shape index (κ2) is 8.96. The molecule has 6 nitrogen and oxygen atoms in total. The van der Waals surface area contributed by atoms with Crippen molar-refractivity contribution in [3.8, 4) is 11.1 Å². The highest BCUT2D eigenvalue weighted by Gasteiger charge is 2.18. The number of aromatic nitrogens is 2. The molecule has 5 rings (SSSR count). The summed E-state index contributed by atoms with van der Waals surface area (Å²) in [6.45, 7) is 0.282. The Kier molecular flexibility index (Phi) is 5.69. The van der Waals surface area contributed by atoms with Crippen LogP contribution >= 0.6 is 0 Å². The Bertz CT molecular complexity index is 1570. The number of nitrogens with zero attached hydrogens (tertiary/aromatic N) is 2. The summed E-state index contributed by atoms with van der Waals surface area (Å²) in [6, 6.07) is 26.7. The molecule has 0 radical (unpaired) electrons. The maximum atomic E-state index is 13.2. The largest absolute Gasteiger partial charge is 0.348 e. The maximum Gasteiger partial charge on any atom is 0.253 e. The molecule has 0 spiro atoms. The molecule has 0 unspecified atom stereocenters. The third-order valence-electron chi connectivity index (χ3n) is 5.59. The van der Waals surface area contributed by atoms with Gasteiger partial charge in [0.05, 0.1) is 15.4 Å². The van der Waals surface area contributed by atoms with E-state index in [4.69, 9.17) is 0 Å². The molecule has 0 aliphatic heterocycles. The van der Waals surface area contributed by atoms with Crippen molar-refractivity contribution in [1.82, 2.24) is 14.7 Å². The summed E-state index contributed by atoms with van der Waals surface area (Å²) in [5.74, 6) is -0.218. The van der Waals surface area contributed by atoms with Crippen molar-refractivity contribution in [3.63, 3.8) is 0 Å². The lowest BCUT2D eigenvalue weighted by Crippen LogP contribution is -2.23. The second-order valence-electron chi connectivity index (χ2n) is 7.83. The lowest BCUT2D eigenvalue weighted by molar-refractivity contribution is 0.0950. The van der Waals surface area contributed by atoms with Gasteiger partial charge in [0.25, 0.3) is 5.91 Å². The summed E-state index contributed by atoms with van der Waals surface area (Å²) >= 11 is 0. The summed E-state index contributed by atoms with van der Waals surface area (Å²) in [5, 5.41) is 2.87. The molecule has 1 N–H and O–H groups in total. The number of pyridine rings is 1. The van der Waals surface area contributed by atoms with Gasteiger partial charge in [-0.15, -0.1) is 0 Å². The minimum atomic E-state index is -3.67. The van der Waals surface area contributed by atoms with Gasteiger partial charge < -0.3 is 9.72 Å². The number of hydrogen-bond acceptors (Lipinski definition) is 4. The zero-order valence-electron chi connectivity index (χ0n) is 18.1. The Morgan fingerprint density at radius 2 is 1.59 bits per heavy atom. The van der Waals surface area contributed by atoms with Crippen LogP contribution in [-0.2, 0) is 16.4 Å². The molecule has 2 aromatic heterocycles. The Labute approximate surface area is 197 Å². The number of nitrogens with one attached hydrogen (secondary N) is 1. The minimum absolute atomic E-state index is 0.207. The molecule has 0 aliphatic carbocycles. The maximum absolute atomic E-state index is 13.2. The molecule has 2 heterocycles. The summed E-state index contributed by atoms with van der Waals surface area (Å²) in [7, 11) is -3.67. The van der Waals surface area contributed by atoms with E-state index < -0.39 is 9.84 Å². The van der Waals surface area contributed by atoms with Crippen LogP contribution in [0.4, 0.5) is 0 Å². The quantitative estimate of drug-likeness (QED) is 0.390. The molecule has 34 heavy (non-hydrogen) atoms. The van der Waals surface area contributed by atoms with E-state index in [2.05, 4.69) is 10.3 Å². The number of imidazole rings is 1. The van der Waals surface area contributed by atoms with Gasteiger partial charge in [0, 0.05) is 25.1 Å². The highest BCUT2D eigenvalue weighted by atomic mass is 32.2. The van der Waals surface area contributed by atoms with E-state index in [9.17, 15) is 13.2 Å². The molecular weight excluding hydrogens is 446 g/mol. The van der Waals surface area contributed by atoms with Crippen LogP contribution in [0.5, 0.6) is 0 Å². The highest BCUT2D eigenvalue weighted by Crippen LogP contribution is 2.26. The third kappa shape index (κ3) is 4.33. The zero-order chi connectivity index (χ0) is 23.5. The van der Waals surface area contributed by atoms with Crippen molar-refractivity contribution < 1.29 is 13.2 Å². The lowest BCUT2D eigenvalue weighted by Gasteiger charge is -2.09. The van der Waals surface area contributed by atoms with Gasteiger partial charge in [0.15, 0.2) is 0 Å². The van der Waals surface area contributed by atoms with Gasteiger partial charge >= 0.3 is 0 Å². The molecule has 0 saturated carbocycles. The molecule has 0 bridgehead atoms. The molecule has 0 atom stereocenters. The van der Waals surface area contributed by atoms with Crippen LogP contribution in [0.1, 0.15) is 15.9 Å². The Hall–Kier alpha value is -4.23. The monoisotopic (exact) mass is 467 g/mol. The Balaban J connectivity index is 1.30. The first kappa shape index (κ1) is 21.6. The van der Waals surface area contributed by atoms with Crippen molar-refractivity contribution >= 4 is 21.4 Å². The SMILES string of the molecule is O=C(NCc1ccc(S(=O)(=O)c2cccc(-c3ccccc3)c2)cc1)c1ccc2nccn2c1. The zero-order valence-corrected chi connectivity index (χ0v) is 18.9. The van der Waals surface area contributed by atoms with Crippen molar-refractivity contribution in [2.75, 3.05) is 0 Å². The van der Waals surface area contributed by atoms with Crippen molar-refractivity contribution in [2.24, 2.45) is 0 Å². The fourth-order valence-electron chi connectivity index (χ4n) is 3.73. The van der Waals surface area contributed by atoms with E-state index in [1.807, 2.05) is 36.4 Å². The number of carbonyl (C=O) groups is 1.